The van der Waals surface area contributed by atoms with E-state index in [1.165, 1.54) is 4.31 Å². The third kappa shape index (κ3) is 2.24. The highest BCUT2D eigenvalue weighted by Gasteiger charge is 2.28. The fourth-order valence-corrected chi connectivity index (χ4v) is 3.89. The maximum atomic E-state index is 12.1. The predicted octanol–water partition coefficient (Wildman–Crippen LogP) is 1.06. The molecule has 120 valence electrons. The number of nitrogens with one attached hydrogen (secondary N) is 1. The number of rotatable bonds is 3. The molecule has 0 bridgehead atoms. The topological polar surface area (TPSA) is 116 Å². The highest BCUT2D eigenvalue weighted by Crippen LogP contribution is 2.31. The number of hydrogen-bond donors (Lipinski definition) is 1. The summed E-state index contributed by atoms with van der Waals surface area (Å²) in [7, 11) is -3.57. The lowest BCUT2D eigenvalue weighted by Crippen LogP contribution is -2.30. The summed E-state index contributed by atoms with van der Waals surface area (Å²) in [5.41, 5.74) is 2.21. The summed E-state index contributed by atoms with van der Waals surface area (Å²) in [6.45, 7) is 0.455. The Morgan fingerprint density at radius 3 is 3.04 bits per heavy atom. The minimum absolute atomic E-state index is 0.208. The molecule has 0 amide bonds. The molecule has 0 aromatic carbocycles. The van der Waals surface area contributed by atoms with Crippen LogP contribution in [0.15, 0.2) is 30.7 Å². The third-order valence-electron chi connectivity index (χ3n) is 4.04. The normalized spacial score (nSPS) is 15.7. The van der Waals surface area contributed by atoms with Gasteiger partial charge in [0.15, 0.2) is 11.4 Å². The van der Waals surface area contributed by atoms with E-state index in [0.29, 0.717) is 5.65 Å². The molecule has 1 aliphatic heterocycles. The Bertz CT molecular complexity index is 1130. The number of hydrogen-bond acceptors (Lipinski definition) is 6. The minimum Gasteiger partial charge on any atom is -0.278 e. The first-order valence-corrected chi connectivity index (χ1v) is 8.82. The molecule has 0 unspecified atom stereocenters. The zero-order valence-corrected chi connectivity index (χ0v) is 13.3. The molecule has 9 heteroatoms. The summed E-state index contributed by atoms with van der Waals surface area (Å²) in [6, 6.07) is 3.58. The number of aromatic amines is 1. The number of fused-ring (bicyclic) bond motifs is 3. The van der Waals surface area contributed by atoms with E-state index in [9.17, 15) is 8.42 Å². The zero-order valence-electron chi connectivity index (χ0n) is 12.5. The minimum atomic E-state index is -3.57. The Morgan fingerprint density at radius 2 is 2.21 bits per heavy atom. The van der Waals surface area contributed by atoms with Gasteiger partial charge in [-0.1, -0.05) is 6.08 Å². The second-order valence-corrected chi connectivity index (χ2v) is 7.42. The Kier molecular flexibility index (Phi) is 3.30. The molecule has 0 saturated heterocycles. The van der Waals surface area contributed by atoms with Crippen LogP contribution in [0.4, 0.5) is 0 Å². The number of nitriles is 1. The van der Waals surface area contributed by atoms with E-state index >= 15 is 0 Å². The molecule has 3 aromatic rings. The van der Waals surface area contributed by atoms with Gasteiger partial charge in [-0.3, -0.25) is 5.10 Å². The van der Waals surface area contributed by atoms with E-state index in [1.54, 1.807) is 24.7 Å². The van der Waals surface area contributed by atoms with Gasteiger partial charge >= 0.3 is 0 Å². The van der Waals surface area contributed by atoms with Crippen molar-refractivity contribution in [3.8, 4) is 6.07 Å². The van der Waals surface area contributed by atoms with Crippen molar-refractivity contribution in [1.82, 2.24) is 24.5 Å². The average Bonchev–Trinajstić information content (AvgIpc) is 3.23. The van der Waals surface area contributed by atoms with E-state index in [1.807, 2.05) is 12.1 Å². The van der Waals surface area contributed by atoms with Crippen molar-refractivity contribution in [2.45, 2.75) is 0 Å². The van der Waals surface area contributed by atoms with Crippen LogP contribution < -0.4 is 0 Å². The van der Waals surface area contributed by atoms with Gasteiger partial charge in [0.25, 0.3) is 0 Å². The maximum Gasteiger partial charge on any atom is 0.228 e. The average molecular weight is 340 g/mol. The second-order valence-electron chi connectivity index (χ2n) is 5.45. The van der Waals surface area contributed by atoms with Gasteiger partial charge in [-0.05, 0) is 11.6 Å². The molecule has 0 atom stereocenters. The Morgan fingerprint density at radius 1 is 1.33 bits per heavy atom. The van der Waals surface area contributed by atoms with Crippen LogP contribution in [0.5, 0.6) is 0 Å². The molecule has 0 radical (unpaired) electrons. The summed E-state index contributed by atoms with van der Waals surface area (Å²) in [5, 5.41) is 18.4. The van der Waals surface area contributed by atoms with Gasteiger partial charge in [0.1, 0.15) is 0 Å². The van der Waals surface area contributed by atoms with Crippen molar-refractivity contribution in [3.63, 3.8) is 0 Å². The van der Waals surface area contributed by atoms with Gasteiger partial charge in [0.2, 0.25) is 10.0 Å². The van der Waals surface area contributed by atoms with Gasteiger partial charge in [-0.2, -0.15) is 14.7 Å². The number of sulfonamides is 1. The summed E-state index contributed by atoms with van der Waals surface area (Å²) < 4.78 is 25.4. The van der Waals surface area contributed by atoms with Crippen molar-refractivity contribution in [2.75, 3.05) is 18.8 Å². The Balaban J connectivity index is 1.81. The van der Waals surface area contributed by atoms with Gasteiger partial charge in [0.05, 0.1) is 18.0 Å². The lowest BCUT2D eigenvalue weighted by atomic mass is 10.1. The van der Waals surface area contributed by atoms with Gasteiger partial charge in [-0.25, -0.2) is 18.4 Å². The van der Waals surface area contributed by atoms with Crippen LogP contribution in [0.2, 0.25) is 0 Å². The van der Waals surface area contributed by atoms with E-state index in [0.717, 1.165) is 27.4 Å². The Hall–Kier alpha value is -2.83. The molecular weight excluding hydrogens is 328 g/mol. The standard InChI is InChI=1S/C15H12N6O2S/c16-3-6-24(22,23)21-5-2-10(9-21)14-13-11(8-19-20-14)7-18-15-12(13)1-4-17-15/h1-2,4,7-8,20H,5-6,9H2. The Labute approximate surface area is 137 Å². The van der Waals surface area contributed by atoms with Crippen molar-refractivity contribution in [2.24, 2.45) is 0 Å². The fourth-order valence-electron chi connectivity index (χ4n) is 2.90. The van der Waals surface area contributed by atoms with Crippen molar-refractivity contribution >= 4 is 37.4 Å². The predicted molar refractivity (Wildman–Crippen MR) is 88.1 cm³/mol. The van der Waals surface area contributed by atoms with Crippen molar-refractivity contribution in [1.29, 1.82) is 5.26 Å². The zero-order chi connectivity index (χ0) is 16.7. The van der Waals surface area contributed by atoms with E-state index < -0.39 is 15.8 Å². The number of pyridine rings is 1. The molecule has 8 nitrogen and oxygen atoms in total. The molecule has 0 aliphatic carbocycles. The quantitative estimate of drug-likeness (QED) is 0.762. The highest BCUT2D eigenvalue weighted by atomic mass is 32.2. The molecule has 0 spiro atoms. The van der Waals surface area contributed by atoms with Crippen LogP contribution >= 0.6 is 0 Å². The monoisotopic (exact) mass is 340 g/mol. The summed E-state index contributed by atoms with van der Waals surface area (Å²) in [5.74, 6) is -0.521. The van der Waals surface area contributed by atoms with Crippen LogP contribution in [0.25, 0.3) is 27.4 Å². The van der Waals surface area contributed by atoms with Crippen molar-refractivity contribution < 1.29 is 8.42 Å². The van der Waals surface area contributed by atoms with E-state index in [2.05, 4.69) is 20.2 Å². The largest absolute Gasteiger partial charge is 0.278 e. The maximum absolute atomic E-state index is 12.1. The summed E-state index contributed by atoms with van der Waals surface area (Å²) in [6.07, 6.45) is 6.91. The summed E-state index contributed by atoms with van der Waals surface area (Å²) >= 11 is 0. The molecule has 3 aromatic heterocycles. The van der Waals surface area contributed by atoms with Gasteiger partial charge in [-0.15, -0.1) is 0 Å². The first-order chi connectivity index (χ1) is 11.6. The smallest absolute Gasteiger partial charge is 0.228 e. The van der Waals surface area contributed by atoms with Crippen LogP contribution in [-0.4, -0.2) is 51.7 Å². The highest BCUT2D eigenvalue weighted by molar-refractivity contribution is 7.89. The molecule has 4 heterocycles. The second kappa shape index (κ2) is 5.36. The summed E-state index contributed by atoms with van der Waals surface area (Å²) in [4.78, 5) is 8.50. The molecule has 0 saturated carbocycles. The fraction of sp³-hybridized carbons (Fsp3) is 0.200. The van der Waals surface area contributed by atoms with Crippen LogP contribution in [-0.2, 0) is 10.0 Å². The SMILES string of the molecule is N#CCS(=O)(=O)N1CC=C(c2[nH]ncc3cnc4nccc4c23)C1. The van der Waals surface area contributed by atoms with Crippen molar-refractivity contribution in [3.05, 3.63) is 36.4 Å². The molecule has 1 N–H and O–H groups in total. The van der Waals surface area contributed by atoms with Crippen LogP contribution in [0, 0.1) is 11.3 Å². The molecule has 24 heavy (non-hydrogen) atoms. The van der Waals surface area contributed by atoms with Gasteiger partial charge < -0.3 is 0 Å². The first kappa shape index (κ1) is 14.7. The lowest BCUT2D eigenvalue weighted by molar-refractivity contribution is 0.493. The number of nitrogens with zero attached hydrogens (tertiary/aromatic N) is 5. The third-order valence-corrected chi connectivity index (χ3v) is 5.60. The molecule has 1 aliphatic rings. The number of H-pyrrole nitrogens is 1. The van der Waals surface area contributed by atoms with E-state index in [-0.39, 0.29) is 13.1 Å². The van der Waals surface area contributed by atoms with Crippen LogP contribution in [0.3, 0.4) is 0 Å². The number of aromatic nitrogens is 4. The lowest BCUT2D eigenvalue weighted by Gasteiger charge is -2.14. The van der Waals surface area contributed by atoms with Gasteiger partial charge in [0, 0.05) is 41.6 Å². The molecule has 4 rings (SSSR count). The van der Waals surface area contributed by atoms with Crippen LogP contribution in [0.1, 0.15) is 5.69 Å². The first-order valence-electron chi connectivity index (χ1n) is 7.21. The molecular formula is C15H12N6O2S. The van der Waals surface area contributed by atoms with E-state index in [4.69, 9.17) is 5.26 Å². The molecule has 0 fully saturated rings.